The molecule has 0 aliphatic rings. The highest BCUT2D eigenvalue weighted by molar-refractivity contribution is 4.40. The molecule has 0 saturated carbocycles. The highest BCUT2D eigenvalue weighted by Gasteiger charge is 1.90. The molecular weight excluding hydrogens is 164 g/mol. The van der Waals surface area contributed by atoms with Crippen molar-refractivity contribution in [3.05, 3.63) is 0 Å². The van der Waals surface area contributed by atoms with E-state index in [-0.39, 0.29) is 0 Å². The molecule has 0 aliphatic heterocycles. The lowest BCUT2D eigenvalue weighted by Crippen LogP contribution is -1.98. The zero-order chi connectivity index (χ0) is 9.78. The van der Waals surface area contributed by atoms with Crippen LogP contribution in [0, 0.1) is 0 Å². The minimum absolute atomic E-state index is 0.742. The summed E-state index contributed by atoms with van der Waals surface area (Å²) in [5.74, 6) is 0. The lowest BCUT2D eigenvalue weighted by Gasteiger charge is -2.02. The predicted octanol–water partition coefficient (Wildman–Crippen LogP) is 3.71. The summed E-state index contributed by atoms with van der Waals surface area (Å²) in [5, 5.41) is 0. The van der Waals surface area contributed by atoms with Crippen LogP contribution in [0.1, 0.15) is 58.8 Å². The number of unbranched alkanes of at least 4 members (excludes halogenated alkanes) is 5. The van der Waals surface area contributed by atoms with Crippen molar-refractivity contribution < 1.29 is 9.78 Å². The van der Waals surface area contributed by atoms with Crippen LogP contribution in [0.3, 0.4) is 0 Å². The Morgan fingerprint density at radius 2 is 1.15 bits per heavy atom. The van der Waals surface area contributed by atoms with E-state index >= 15 is 0 Å². The first-order chi connectivity index (χ1) is 6.41. The van der Waals surface area contributed by atoms with E-state index in [1.807, 2.05) is 0 Å². The number of hydrogen-bond acceptors (Lipinski definition) is 2. The van der Waals surface area contributed by atoms with Gasteiger partial charge in [0.2, 0.25) is 0 Å². The molecule has 0 atom stereocenters. The highest BCUT2D eigenvalue weighted by Crippen LogP contribution is 2.02. The molecule has 0 aliphatic carbocycles. The highest BCUT2D eigenvalue weighted by atomic mass is 17.2. The lowest BCUT2D eigenvalue weighted by molar-refractivity contribution is -0.295. The Balaban J connectivity index is 2.76. The van der Waals surface area contributed by atoms with E-state index in [2.05, 4.69) is 13.8 Å². The molecule has 0 heterocycles. The summed E-state index contributed by atoms with van der Waals surface area (Å²) in [7, 11) is 0. The normalized spacial score (nSPS) is 10.6. The second-order valence-corrected chi connectivity index (χ2v) is 3.41. The van der Waals surface area contributed by atoms with Gasteiger partial charge in [0, 0.05) is 0 Å². The Bertz CT molecular complexity index is 74.2. The average molecular weight is 188 g/mol. The van der Waals surface area contributed by atoms with Gasteiger partial charge in [0.25, 0.3) is 0 Å². The third-order valence-electron chi connectivity index (χ3n) is 2.00. The minimum atomic E-state index is 0.742. The van der Waals surface area contributed by atoms with Crippen LogP contribution in [-0.4, -0.2) is 13.2 Å². The molecule has 0 rings (SSSR count). The molecule has 0 spiro atoms. The molecule has 2 heteroatoms. The molecule has 80 valence electrons. The van der Waals surface area contributed by atoms with Gasteiger partial charge in [-0.2, -0.15) is 0 Å². The minimum Gasteiger partial charge on any atom is -0.237 e. The Kier molecular flexibility index (Phi) is 11.8. The summed E-state index contributed by atoms with van der Waals surface area (Å²) in [6, 6.07) is 0. The monoisotopic (exact) mass is 188 g/mol. The summed E-state index contributed by atoms with van der Waals surface area (Å²) < 4.78 is 0. The molecule has 0 N–H and O–H groups in total. The SMILES string of the molecule is CCCCCCCOOCCCC. The van der Waals surface area contributed by atoms with Crippen molar-refractivity contribution in [1.82, 2.24) is 0 Å². The van der Waals surface area contributed by atoms with Gasteiger partial charge in [-0.3, -0.25) is 0 Å². The van der Waals surface area contributed by atoms with Gasteiger partial charge in [0.05, 0.1) is 13.2 Å². The van der Waals surface area contributed by atoms with Crippen LogP contribution in [0.25, 0.3) is 0 Å². The van der Waals surface area contributed by atoms with Gasteiger partial charge in [-0.1, -0.05) is 46.0 Å². The average Bonchev–Trinajstić information content (AvgIpc) is 2.16. The maximum Gasteiger partial charge on any atom is 0.0822 e. The van der Waals surface area contributed by atoms with Gasteiger partial charge in [0.15, 0.2) is 0 Å². The van der Waals surface area contributed by atoms with Crippen molar-refractivity contribution in [3.63, 3.8) is 0 Å². The second kappa shape index (κ2) is 11.9. The van der Waals surface area contributed by atoms with Crippen LogP contribution in [-0.2, 0) is 9.78 Å². The molecule has 0 aromatic carbocycles. The van der Waals surface area contributed by atoms with E-state index < -0.39 is 0 Å². The summed E-state index contributed by atoms with van der Waals surface area (Å²) in [4.78, 5) is 10.00. The lowest BCUT2D eigenvalue weighted by atomic mass is 10.2. The summed E-state index contributed by atoms with van der Waals surface area (Å²) in [5.41, 5.74) is 0. The fourth-order valence-electron chi connectivity index (χ4n) is 1.09. The maximum absolute atomic E-state index is 5.02. The molecule has 13 heavy (non-hydrogen) atoms. The Hall–Kier alpha value is -0.0800. The standard InChI is InChI=1S/C11H24O2/c1-3-5-7-8-9-11-13-12-10-6-4-2/h3-11H2,1-2H3. The number of hydrogen-bond donors (Lipinski definition) is 0. The molecule has 0 bridgehead atoms. The molecule has 0 amide bonds. The van der Waals surface area contributed by atoms with Gasteiger partial charge in [-0.05, 0) is 12.8 Å². The fourth-order valence-corrected chi connectivity index (χ4v) is 1.09. The van der Waals surface area contributed by atoms with E-state index in [1.54, 1.807) is 0 Å². The van der Waals surface area contributed by atoms with E-state index in [0.29, 0.717) is 0 Å². The maximum atomic E-state index is 5.02. The van der Waals surface area contributed by atoms with Crippen LogP contribution in [0.5, 0.6) is 0 Å². The Labute approximate surface area is 82.5 Å². The molecule has 0 radical (unpaired) electrons. The van der Waals surface area contributed by atoms with Crippen LogP contribution >= 0.6 is 0 Å². The van der Waals surface area contributed by atoms with Crippen LogP contribution in [0.4, 0.5) is 0 Å². The summed E-state index contributed by atoms with van der Waals surface area (Å²) in [6.07, 6.45) is 8.63. The van der Waals surface area contributed by atoms with Crippen molar-refractivity contribution in [3.8, 4) is 0 Å². The molecule has 2 nitrogen and oxygen atoms in total. The Morgan fingerprint density at radius 3 is 1.77 bits per heavy atom. The number of rotatable bonds is 10. The second-order valence-electron chi connectivity index (χ2n) is 3.41. The van der Waals surface area contributed by atoms with E-state index in [1.165, 1.54) is 32.1 Å². The smallest absolute Gasteiger partial charge is 0.0822 e. The first-order valence-electron chi connectivity index (χ1n) is 5.66. The van der Waals surface area contributed by atoms with E-state index in [9.17, 15) is 0 Å². The van der Waals surface area contributed by atoms with Crippen molar-refractivity contribution in [2.45, 2.75) is 58.8 Å². The van der Waals surface area contributed by atoms with Crippen LogP contribution < -0.4 is 0 Å². The first kappa shape index (κ1) is 12.9. The van der Waals surface area contributed by atoms with E-state index in [0.717, 1.165) is 26.1 Å². The van der Waals surface area contributed by atoms with Crippen molar-refractivity contribution in [1.29, 1.82) is 0 Å². The molecule has 0 saturated heterocycles. The van der Waals surface area contributed by atoms with Gasteiger partial charge in [-0.25, -0.2) is 9.78 Å². The largest absolute Gasteiger partial charge is 0.237 e. The van der Waals surface area contributed by atoms with Gasteiger partial charge < -0.3 is 0 Å². The zero-order valence-corrected chi connectivity index (χ0v) is 9.18. The summed E-state index contributed by atoms with van der Waals surface area (Å²) in [6.45, 7) is 5.87. The molecular formula is C11H24O2. The zero-order valence-electron chi connectivity index (χ0n) is 9.18. The topological polar surface area (TPSA) is 18.5 Å². The summed E-state index contributed by atoms with van der Waals surface area (Å²) >= 11 is 0. The predicted molar refractivity (Wildman–Crippen MR) is 55.6 cm³/mol. The molecule has 0 unspecified atom stereocenters. The fraction of sp³-hybridized carbons (Fsp3) is 1.00. The Morgan fingerprint density at radius 1 is 0.615 bits per heavy atom. The van der Waals surface area contributed by atoms with Crippen LogP contribution in [0.2, 0.25) is 0 Å². The first-order valence-corrected chi connectivity index (χ1v) is 5.66. The third kappa shape index (κ3) is 11.9. The molecule has 0 fully saturated rings. The molecule has 0 aromatic heterocycles. The van der Waals surface area contributed by atoms with Gasteiger partial charge in [0.1, 0.15) is 0 Å². The van der Waals surface area contributed by atoms with Crippen molar-refractivity contribution in [2.75, 3.05) is 13.2 Å². The third-order valence-corrected chi connectivity index (χ3v) is 2.00. The van der Waals surface area contributed by atoms with Gasteiger partial charge in [-0.15, -0.1) is 0 Å². The van der Waals surface area contributed by atoms with Crippen LogP contribution in [0.15, 0.2) is 0 Å². The quantitative estimate of drug-likeness (QED) is 0.295. The van der Waals surface area contributed by atoms with E-state index in [4.69, 9.17) is 9.78 Å². The van der Waals surface area contributed by atoms with Crippen molar-refractivity contribution >= 4 is 0 Å². The van der Waals surface area contributed by atoms with Crippen molar-refractivity contribution in [2.24, 2.45) is 0 Å². The molecule has 0 aromatic rings. The van der Waals surface area contributed by atoms with Gasteiger partial charge >= 0.3 is 0 Å².